The molecule has 2 amide bonds. The number of anilines is 1. The molecule has 3 aromatic rings. The lowest BCUT2D eigenvalue weighted by Gasteiger charge is -2.15. The summed E-state index contributed by atoms with van der Waals surface area (Å²) in [5.74, 6) is -0.0211. The van der Waals surface area contributed by atoms with Crippen LogP contribution in [0.1, 0.15) is 30.5 Å². The highest BCUT2D eigenvalue weighted by Gasteiger charge is 2.39. The molecular formula is C27H25ClN2O3. The van der Waals surface area contributed by atoms with Crippen LogP contribution in [0.2, 0.25) is 5.02 Å². The van der Waals surface area contributed by atoms with E-state index < -0.39 is 0 Å². The quantitative estimate of drug-likeness (QED) is 0.451. The first-order valence-corrected chi connectivity index (χ1v) is 11.2. The largest absolute Gasteiger partial charge is 0.491 e. The molecule has 3 aromatic carbocycles. The van der Waals surface area contributed by atoms with Gasteiger partial charge < -0.3 is 10.1 Å². The molecule has 0 spiro atoms. The van der Waals surface area contributed by atoms with Crippen LogP contribution in [0, 0.1) is 6.92 Å². The van der Waals surface area contributed by atoms with Crippen LogP contribution < -0.4 is 10.1 Å². The second kappa shape index (κ2) is 9.51. The van der Waals surface area contributed by atoms with Gasteiger partial charge in [0.2, 0.25) is 0 Å². The lowest BCUT2D eigenvalue weighted by Crippen LogP contribution is -2.31. The number of ether oxygens (including phenoxy) is 1. The topological polar surface area (TPSA) is 58.6 Å². The monoisotopic (exact) mass is 460 g/mol. The zero-order chi connectivity index (χ0) is 23.5. The molecule has 0 fully saturated rings. The van der Waals surface area contributed by atoms with Crippen molar-refractivity contribution >= 4 is 34.7 Å². The summed E-state index contributed by atoms with van der Waals surface area (Å²) in [5.41, 5.74) is 3.63. The van der Waals surface area contributed by atoms with Gasteiger partial charge in [-0.3, -0.25) is 14.5 Å². The number of nitrogens with one attached hydrogen (secondary N) is 1. The van der Waals surface area contributed by atoms with E-state index in [2.05, 4.69) is 5.32 Å². The number of hydrogen-bond acceptors (Lipinski definition) is 4. The van der Waals surface area contributed by atoms with Gasteiger partial charge >= 0.3 is 0 Å². The van der Waals surface area contributed by atoms with Crippen LogP contribution in [0.4, 0.5) is 5.69 Å². The summed E-state index contributed by atoms with van der Waals surface area (Å²) in [6.07, 6.45) is 0.0367. The molecule has 168 valence electrons. The maximum absolute atomic E-state index is 13.5. The number of nitrogens with zero attached hydrogens (tertiary/aromatic N) is 1. The third-order valence-corrected chi connectivity index (χ3v) is 5.71. The lowest BCUT2D eigenvalue weighted by atomic mass is 10.0. The molecule has 0 radical (unpaired) electrons. The van der Waals surface area contributed by atoms with Gasteiger partial charge in [-0.2, -0.15) is 0 Å². The highest BCUT2D eigenvalue weighted by molar-refractivity contribution is 6.36. The number of hydrogen-bond donors (Lipinski definition) is 1. The Morgan fingerprint density at radius 2 is 1.64 bits per heavy atom. The van der Waals surface area contributed by atoms with Crippen molar-refractivity contribution in [2.24, 2.45) is 0 Å². The van der Waals surface area contributed by atoms with Crippen molar-refractivity contribution in [3.8, 4) is 5.75 Å². The molecule has 0 unspecified atom stereocenters. The second-order valence-corrected chi connectivity index (χ2v) is 8.62. The van der Waals surface area contributed by atoms with E-state index in [1.54, 1.807) is 30.3 Å². The first kappa shape index (κ1) is 22.6. The van der Waals surface area contributed by atoms with Crippen molar-refractivity contribution in [2.75, 3.05) is 5.32 Å². The average molecular weight is 461 g/mol. The zero-order valence-corrected chi connectivity index (χ0v) is 19.5. The second-order valence-electron chi connectivity index (χ2n) is 8.21. The number of benzene rings is 3. The van der Waals surface area contributed by atoms with E-state index in [9.17, 15) is 9.59 Å². The third-order valence-electron chi connectivity index (χ3n) is 5.31. The Balaban J connectivity index is 1.72. The SMILES string of the molecule is Cc1ccc(NC2=C(c3ccc(OC(C)C)cc3)C(=O)N(Cc3ccccc3)C2=O)cc1Cl. The van der Waals surface area contributed by atoms with Crippen molar-refractivity contribution < 1.29 is 14.3 Å². The normalized spacial score (nSPS) is 13.8. The molecule has 1 heterocycles. The van der Waals surface area contributed by atoms with Crippen molar-refractivity contribution in [3.63, 3.8) is 0 Å². The van der Waals surface area contributed by atoms with Crippen molar-refractivity contribution in [1.29, 1.82) is 0 Å². The first-order valence-electron chi connectivity index (χ1n) is 10.8. The minimum atomic E-state index is -0.377. The van der Waals surface area contributed by atoms with Crippen LogP contribution in [-0.2, 0) is 16.1 Å². The highest BCUT2D eigenvalue weighted by atomic mass is 35.5. The molecule has 0 bridgehead atoms. The molecule has 1 aliphatic rings. The molecule has 1 aliphatic heterocycles. The van der Waals surface area contributed by atoms with E-state index >= 15 is 0 Å². The summed E-state index contributed by atoms with van der Waals surface area (Å²) < 4.78 is 5.72. The zero-order valence-electron chi connectivity index (χ0n) is 18.8. The maximum atomic E-state index is 13.5. The fourth-order valence-electron chi connectivity index (χ4n) is 3.66. The van der Waals surface area contributed by atoms with Crippen LogP contribution in [0.5, 0.6) is 5.75 Å². The van der Waals surface area contributed by atoms with Crippen LogP contribution >= 0.6 is 11.6 Å². The molecule has 4 rings (SSSR count). The summed E-state index contributed by atoms with van der Waals surface area (Å²) >= 11 is 6.28. The molecule has 5 nitrogen and oxygen atoms in total. The lowest BCUT2D eigenvalue weighted by molar-refractivity contribution is -0.137. The van der Waals surface area contributed by atoms with Crippen molar-refractivity contribution in [1.82, 2.24) is 4.90 Å². The predicted octanol–water partition coefficient (Wildman–Crippen LogP) is 5.83. The fraction of sp³-hybridized carbons (Fsp3) is 0.185. The molecule has 0 aromatic heterocycles. The number of carbonyl (C=O) groups is 2. The Kier molecular flexibility index (Phi) is 6.52. The van der Waals surface area contributed by atoms with Gasteiger partial charge in [-0.15, -0.1) is 0 Å². The summed E-state index contributed by atoms with van der Waals surface area (Å²) in [5, 5.41) is 3.73. The van der Waals surface area contributed by atoms with E-state index in [0.29, 0.717) is 27.6 Å². The number of halogens is 1. The number of imide groups is 1. The van der Waals surface area contributed by atoms with Gasteiger partial charge in [0, 0.05) is 10.7 Å². The van der Waals surface area contributed by atoms with E-state index in [1.807, 2.05) is 63.2 Å². The molecular weight excluding hydrogens is 436 g/mol. The Morgan fingerprint density at radius 1 is 0.939 bits per heavy atom. The molecule has 0 atom stereocenters. The van der Waals surface area contributed by atoms with Gasteiger partial charge in [0.05, 0.1) is 18.2 Å². The summed E-state index contributed by atoms with van der Waals surface area (Å²) in [4.78, 5) is 28.1. The van der Waals surface area contributed by atoms with Gasteiger partial charge in [-0.05, 0) is 61.7 Å². The Morgan fingerprint density at radius 3 is 2.27 bits per heavy atom. The molecule has 0 saturated carbocycles. The standard InChI is InChI=1S/C27H25ClN2O3/c1-17(2)33-22-13-10-20(11-14-22)24-25(29-21-12-9-18(3)23(28)15-21)27(32)30(26(24)31)16-19-7-5-4-6-8-19/h4-15,17,29H,16H2,1-3H3. The number of aryl methyl sites for hydroxylation is 1. The van der Waals surface area contributed by atoms with E-state index in [0.717, 1.165) is 11.1 Å². The van der Waals surface area contributed by atoms with E-state index in [-0.39, 0.29) is 30.2 Å². The van der Waals surface area contributed by atoms with Gasteiger partial charge in [0.15, 0.2) is 0 Å². The molecule has 0 aliphatic carbocycles. The van der Waals surface area contributed by atoms with Crippen LogP contribution in [0.25, 0.3) is 5.57 Å². The fourth-order valence-corrected chi connectivity index (χ4v) is 3.84. The van der Waals surface area contributed by atoms with Gasteiger partial charge in [0.25, 0.3) is 11.8 Å². The van der Waals surface area contributed by atoms with E-state index in [1.165, 1.54) is 4.90 Å². The predicted molar refractivity (Wildman–Crippen MR) is 131 cm³/mol. The molecule has 33 heavy (non-hydrogen) atoms. The highest BCUT2D eigenvalue weighted by Crippen LogP contribution is 2.33. The third kappa shape index (κ3) is 4.94. The Bertz CT molecular complexity index is 1220. The summed E-state index contributed by atoms with van der Waals surface area (Å²) in [6, 6.07) is 22.1. The van der Waals surface area contributed by atoms with Gasteiger partial charge in [-0.25, -0.2) is 0 Å². The molecule has 1 N–H and O–H groups in total. The summed E-state index contributed by atoms with van der Waals surface area (Å²) in [7, 11) is 0. The molecule has 6 heteroatoms. The Labute approximate surface area is 198 Å². The van der Waals surface area contributed by atoms with Gasteiger partial charge in [0.1, 0.15) is 11.4 Å². The number of carbonyl (C=O) groups excluding carboxylic acids is 2. The van der Waals surface area contributed by atoms with Crippen LogP contribution in [0.15, 0.2) is 78.5 Å². The average Bonchev–Trinajstić information content (AvgIpc) is 3.01. The van der Waals surface area contributed by atoms with Gasteiger partial charge in [-0.1, -0.05) is 60.1 Å². The van der Waals surface area contributed by atoms with E-state index in [4.69, 9.17) is 16.3 Å². The number of amides is 2. The first-order chi connectivity index (χ1) is 15.8. The van der Waals surface area contributed by atoms with Crippen LogP contribution in [-0.4, -0.2) is 22.8 Å². The molecule has 0 saturated heterocycles. The smallest absolute Gasteiger partial charge is 0.278 e. The maximum Gasteiger partial charge on any atom is 0.278 e. The number of rotatable bonds is 7. The van der Waals surface area contributed by atoms with Crippen molar-refractivity contribution in [2.45, 2.75) is 33.4 Å². The van der Waals surface area contributed by atoms with Crippen LogP contribution in [0.3, 0.4) is 0 Å². The summed E-state index contributed by atoms with van der Waals surface area (Å²) in [6.45, 7) is 6.00. The minimum Gasteiger partial charge on any atom is -0.491 e. The van der Waals surface area contributed by atoms with Crippen molar-refractivity contribution in [3.05, 3.63) is 100 Å². The minimum absolute atomic E-state index is 0.0367. The Hall–Kier alpha value is -3.57.